The summed E-state index contributed by atoms with van der Waals surface area (Å²) in [5.74, 6) is 0.550. The lowest BCUT2D eigenvalue weighted by Gasteiger charge is -2.09. The third-order valence-corrected chi connectivity index (χ3v) is 3.55. The monoisotopic (exact) mass is 325 g/mol. The number of ether oxygens (including phenoxy) is 1. The van der Waals surface area contributed by atoms with Crippen LogP contribution in [0, 0.1) is 5.82 Å². The second-order valence-electron chi connectivity index (χ2n) is 3.90. The second kappa shape index (κ2) is 5.52. The second-order valence-corrected chi connectivity index (χ2v) is 4.69. The highest BCUT2D eigenvalue weighted by molar-refractivity contribution is 9.10. The van der Waals surface area contributed by atoms with E-state index in [0.717, 1.165) is 12.1 Å². The maximum atomic E-state index is 13.4. The fourth-order valence-electron chi connectivity index (χ4n) is 1.68. The predicted molar refractivity (Wildman–Crippen MR) is 75.5 cm³/mol. The summed E-state index contributed by atoms with van der Waals surface area (Å²) in [7, 11) is 1.41. The predicted octanol–water partition coefficient (Wildman–Crippen LogP) is 3.20. The van der Waals surface area contributed by atoms with Crippen LogP contribution in [0.5, 0.6) is 5.75 Å². The molecule has 4 nitrogen and oxygen atoms in total. The van der Waals surface area contributed by atoms with Crippen molar-refractivity contribution in [3.63, 3.8) is 0 Å². The van der Waals surface area contributed by atoms with Crippen LogP contribution >= 0.6 is 15.9 Å². The topological polar surface area (TPSA) is 61.0 Å². The van der Waals surface area contributed by atoms with E-state index in [1.54, 1.807) is 12.1 Å². The Balaban J connectivity index is 2.55. The van der Waals surface area contributed by atoms with E-state index in [1.165, 1.54) is 13.2 Å². The van der Waals surface area contributed by atoms with Crippen molar-refractivity contribution in [2.24, 2.45) is 0 Å². The minimum atomic E-state index is -0.424. The molecule has 0 aliphatic rings. The van der Waals surface area contributed by atoms with Gasteiger partial charge in [-0.2, -0.15) is 0 Å². The van der Waals surface area contributed by atoms with Gasteiger partial charge in [0.15, 0.2) is 17.4 Å². The highest BCUT2D eigenvalue weighted by atomic mass is 79.9. The van der Waals surface area contributed by atoms with Crippen LogP contribution < -0.4 is 10.5 Å². The van der Waals surface area contributed by atoms with Crippen LogP contribution in [0.4, 0.5) is 10.2 Å². The van der Waals surface area contributed by atoms with E-state index in [1.807, 2.05) is 6.92 Å². The van der Waals surface area contributed by atoms with Crippen molar-refractivity contribution >= 4 is 21.7 Å². The summed E-state index contributed by atoms with van der Waals surface area (Å²) in [6, 6.07) is 4.47. The average Bonchev–Trinajstić information content (AvgIpc) is 2.42. The zero-order chi connectivity index (χ0) is 14.0. The fourth-order valence-corrected chi connectivity index (χ4v) is 2.13. The first-order valence-electron chi connectivity index (χ1n) is 5.72. The Labute approximate surface area is 119 Å². The molecule has 2 rings (SSSR count). The molecule has 1 aromatic heterocycles. The van der Waals surface area contributed by atoms with Crippen molar-refractivity contribution in [2.75, 3.05) is 12.8 Å². The SMILES string of the molecule is CCc1nc(-c2ccc(F)c(OC)c2)nc(N)c1Br. The molecule has 100 valence electrons. The summed E-state index contributed by atoms with van der Waals surface area (Å²) < 4.78 is 19.0. The summed E-state index contributed by atoms with van der Waals surface area (Å²) in [4.78, 5) is 8.61. The smallest absolute Gasteiger partial charge is 0.165 e. The van der Waals surface area contributed by atoms with Crippen molar-refractivity contribution in [1.29, 1.82) is 0 Å². The summed E-state index contributed by atoms with van der Waals surface area (Å²) in [5.41, 5.74) is 7.30. The lowest BCUT2D eigenvalue weighted by molar-refractivity contribution is 0.387. The van der Waals surface area contributed by atoms with Crippen molar-refractivity contribution in [2.45, 2.75) is 13.3 Å². The van der Waals surface area contributed by atoms with E-state index in [4.69, 9.17) is 10.5 Å². The van der Waals surface area contributed by atoms with E-state index < -0.39 is 5.82 Å². The Bertz CT molecular complexity index is 619. The first-order chi connectivity index (χ1) is 9.06. The standard InChI is InChI=1S/C13H13BrFN3O/c1-3-9-11(14)12(16)18-13(17-9)7-4-5-8(15)10(6-7)19-2/h4-6H,3H2,1-2H3,(H2,16,17,18). The molecule has 0 atom stereocenters. The summed E-state index contributed by atoms with van der Waals surface area (Å²) in [6.45, 7) is 1.97. The van der Waals surface area contributed by atoms with E-state index in [9.17, 15) is 4.39 Å². The molecule has 0 amide bonds. The molecule has 2 aromatic rings. The molecule has 0 aliphatic heterocycles. The minimum absolute atomic E-state index is 0.153. The van der Waals surface area contributed by atoms with Gasteiger partial charge >= 0.3 is 0 Å². The average molecular weight is 326 g/mol. The number of anilines is 1. The Morgan fingerprint density at radius 2 is 2.11 bits per heavy atom. The molecule has 1 aromatic carbocycles. The van der Waals surface area contributed by atoms with Crippen LogP contribution in [0.1, 0.15) is 12.6 Å². The molecule has 0 unspecified atom stereocenters. The van der Waals surface area contributed by atoms with Gasteiger partial charge in [-0.05, 0) is 40.5 Å². The van der Waals surface area contributed by atoms with Gasteiger partial charge in [0.2, 0.25) is 0 Å². The number of rotatable bonds is 3. The van der Waals surface area contributed by atoms with Gasteiger partial charge in [-0.3, -0.25) is 0 Å². The Morgan fingerprint density at radius 3 is 2.74 bits per heavy atom. The van der Waals surface area contributed by atoms with E-state index in [-0.39, 0.29) is 5.75 Å². The largest absolute Gasteiger partial charge is 0.494 e. The number of halogens is 2. The van der Waals surface area contributed by atoms with Gasteiger partial charge in [0, 0.05) is 5.56 Å². The van der Waals surface area contributed by atoms with Crippen LogP contribution in [-0.2, 0) is 6.42 Å². The quantitative estimate of drug-likeness (QED) is 0.941. The summed E-state index contributed by atoms with van der Waals surface area (Å²) in [5, 5.41) is 0. The lowest BCUT2D eigenvalue weighted by Crippen LogP contribution is -2.02. The van der Waals surface area contributed by atoms with E-state index in [0.29, 0.717) is 21.7 Å². The molecule has 19 heavy (non-hydrogen) atoms. The number of hydrogen-bond donors (Lipinski definition) is 1. The fraction of sp³-hybridized carbons (Fsp3) is 0.231. The number of methoxy groups -OCH3 is 1. The van der Waals surface area contributed by atoms with Gasteiger partial charge in [0.05, 0.1) is 17.3 Å². The number of hydrogen-bond acceptors (Lipinski definition) is 4. The summed E-state index contributed by atoms with van der Waals surface area (Å²) in [6.07, 6.45) is 0.721. The van der Waals surface area contributed by atoms with Gasteiger partial charge in [-0.1, -0.05) is 6.92 Å². The number of aryl methyl sites for hydroxylation is 1. The molecule has 0 fully saturated rings. The number of nitrogen functional groups attached to an aromatic ring is 1. The molecule has 0 bridgehead atoms. The van der Waals surface area contributed by atoms with E-state index >= 15 is 0 Å². The summed E-state index contributed by atoms with van der Waals surface area (Å²) >= 11 is 3.35. The molecule has 0 saturated carbocycles. The maximum absolute atomic E-state index is 13.4. The van der Waals surface area contributed by atoms with Crippen LogP contribution in [0.15, 0.2) is 22.7 Å². The Morgan fingerprint density at radius 1 is 1.37 bits per heavy atom. The third kappa shape index (κ3) is 2.68. The van der Waals surface area contributed by atoms with Crippen molar-refractivity contribution in [3.8, 4) is 17.1 Å². The zero-order valence-corrected chi connectivity index (χ0v) is 12.2. The van der Waals surface area contributed by atoms with Gasteiger partial charge in [-0.15, -0.1) is 0 Å². The third-order valence-electron chi connectivity index (χ3n) is 2.69. The first kappa shape index (κ1) is 13.7. The van der Waals surface area contributed by atoms with Crippen LogP contribution in [0.2, 0.25) is 0 Å². The van der Waals surface area contributed by atoms with Crippen LogP contribution in [-0.4, -0.2) is 17.1 Å². The number of aromatic nitrogens is 2. The van der Waals surface area contributed by atoms with Gasteiger partial charge in [0.25, 0.3) is 0 Å². The van der Waals surface area contributed by atoms with Crippen molar-refractivity contribution in [1.82, 2.24) is 9.97 Å². The van der Waals surface area contributed by atoms with Gasteiger partial charge in [-0.25, -0.2) is 14.4 Å². The van der Waals surface area contributed by atoms with E-state index in [2.05, 4.69) is 25.9 Å². The highest BCUT2D eigenvalue weighted by Crippen LogP contribution is 2.28. The molecule has 0 spiro atoms. The Hall–Kier alpha value is -1.69. The molecule has 0 radical (unpaired) electrons. The van der Waals surface area contributed by atoms with Crippen molar-refractivity contribution < 1.29 is 9.13 Å². The molecule has 1 heterocycles. The number of nitrogens with zero attached hydrogens (tertiary/aromatic N) is 2. The van der Waals surface area contributed by atoms with Gasteiger partial charge < -0.3 is 10.5 Å². The first-order valence-corrected chi connectivity index (χ1v) is 6.52. The van der Waals surface area contributed by atoms with Crippen LogP contribution in [0.3, 0.4) is 0 Å². The van der Waals surface area contributed by atoms with Crippen LogP contribution in [0.25, 0.3) is 11.4 Å². The number of benzene rings is 1. The molecule has 0 saturated heterocycles. The Kier molecular flexibility index (Phi) is 3.99. The minimum Gasteiger partial charge on any atom is -0.494 e. The lowest BCUT2D eigenvalue weighted by atomic mass is 10.2. The zero-order valence-electron chi connectivity index (χ0n) is 10.6. The van der Waals surface area contributed by atoms with Gasteiger partial charge in [0.1, 0.15) is 5.82 Å². The molecule has 2 N–H and O–H groups in total. The molecule has 0 aliphatic carbocycles. The molecular weight excluding hydrogens is 313 g/mol. The maximum Gasteiger partial charge on any atom is 0.165 e. The number of nitrogens with two attached hydrogens (primary N) is 1. The van der Waals surface area contributed by atoms with Crippen molar-refractivity contribution in [3.05, 3.63) is 34.2 Å². The molecular formula is C13H13BrFN3O. The normalized spacial score (nSPS) is 10.5. The molecule has 6 heteroatoms. The highest BCUT2D eigenvalue weighted by Gasteiger charge is 2.12.